The van der Waals surface area contributed by atoms with Gasteiger partial charge in [0.1, 0.15) is 24.0 Å². The summed E-state index contributed by atoms with van der Waals surface area (Å²) in [6.45, 7) is 1.67. The fraction of sp³-hybridized carbons (Fsp3) is 0.130. The number of hydrogen-bond donors (Lipinski definition) is 1. The maximum atomic E-state index is 13.6. The maximum absolute atomic E-state index is 13.6. The minimum Gasteiger partial charge on any atom is -0.489 e. The van der Waals surface area contributed by atoms with E-state index in [0.717, 1.165) is 29.5 Å². The minimum atomic E-state index is -1.21. The number of hydrogen-bond acceptors (Lipinski definition) is 4. The molecule has 0 heterocycles. The van der Waals surface area contributed by atoms with Crippen LogP contribution in [0.25, 0.3) is 0 Å². The monoisotopic (exact) mass is 411 g/mol. The van der Waals surface area contributed by atoms with Gasteiger partial charge in [0.2, 0.25) is 0 Å². The molecule has 0 bridgehead atoms. The third-order valence-electron chi connectivity index (χ3n) is 4.18. The molecule has 0 unspecified atom stereocenters. The first-order chi connectivity index (χ1) is 14.4. The number of ether oxygens (including phenoxy) is 2. The Bertz CT molecular complexity index is 1020. The molecule has 0 fully saturated rings. The summed E-state index contributed by atoms with van der Waals surface area (Å²) in [5, 5.41) is 2.20. The van der Waals surface area contributed by atoms with Gasteiger partial charge in [-0.15, -0.1) is 0 Å². The van der Waals surface area contributed by atoms with Crippen molar-refractivity contribution in [2.45, 2.75) is 19.6 Å². The Hall–Kier alpha value is -3.74. The second kappa shape index (κ2) is 9.65. The number of halogens is 2. The molecule has 0 radical (unpaired) electrons. The molecule has 3 rings (SSSR count). The van der Waals surface area contributed by atoms with Crippen LogP contribution in [0.3, 0.4) is 0 Å². The predicted molar refractivity (Wildman–Crippen MR) is 107 cm³/mol. The van der Waals surface area contributed by atoms with Crippen LogP contribution in [0.4, 0.5) is 14.5 Å². The zero-order valence-electron chi connectivity index (χ0n) is 16.1. The minimum absolute atomic E-state index is 0.245. The molecule has 7 heteroatoms. The number of benzene rings is 3. The topological polar surface area (TPSA) is 64.6 Å². The summed E-state index contributed by atoms with van der Waals surface area (Å²) >= 11 is 0. The van der Waals surface area contributed by atoms with Gasteiger partial charge in [-0.05, 0) is 48.9 Å². The zero-order chi connectivity index (χ0) is 21.5. The van der Waals surface area contributed by atoms with Crippen LogP contribution in [-0.2, 0) is 16.1 Å². The van der Waals surface area contributed by atoms with Crippen molar-refractivity contribution < 1.29 is 27.8 Å². The van der Waals surface area contributed by atoms with Gasteiger partial charge in [0.15, 0.2) is 6.10 Å². The van der Waals surface area contributed by atoms with E-state index in [2.05, 4.69) is 5.32 Å². The fourth-order valence-corrected chi connectivity index (χ4v) is 2.53. The molecule has 3 aromatic carbocycles. The molecule has 30 heavy (non-hydrogen) atoms. The van der Waals surface area contributed by atoms with Crippen LogP contribution in [0.1, 0.15) is 22.8 Å². The SMILES string of the molecule is C[C@H](OC(=O)c1ccc(COc2ccccc2)cc1)C(=O)Nc1cc(F)ccc1F. The normalized spacial score (nSPS) is 11.4. The van der Waals surface area contributed by atoms with Crippen molar-refractivity contribution >= 4 is 17.6 Å². The van der Waals surface area contributed by atoms with Crippen molar-refractivity contribution in [3.63, 3.8) is 0 Å². The van der Waals surface area contributed by atoms with Crippen LogP contribution in [0.2, 0.25) is 0 Å². The van der Waals surface area contributed by atoms with Gasteiger partial charge in [0, 0.05) is 6.07 Å². The van der Waals surface area contributed by atoms with E-state index in [1.54, 1.807) is 24.3 Å². The molecule has 0 aliphatic carbocycles. The Balaban J connectivity index is 1.54. The van der Waals surface area contributed by atoms with E-state index >= 15 is 0 Å². The summed E-state index contributed by atoms with van der Waals surface area (Å²) in [6.07, 6.45) is -1.21. The smallest absolute Gasteiger partial charge is 0.338 e. The number of carbonyl (C=O) groups is 2. The largest absolute Gasteiger partial charge is 0.489 e. The average Bonchev–Trinajstić information content (AvgIpc) is 2.75. The third kappa shape index (κ3) is 5.64. The van der Waals surface area contributed by atoms with Gasteiger partial charge in [-0.25, -0.2) is 13.6 Å². The lowest BCUT2D eigenvalue weighted by Crippen LogP contribution is -2.30. The van der Waals surface area contributed by atoms with E-state index in [1.807, 2.05) is 30.3 Å². The van der Waals surface area contributed by atoms with Gasteiger partial charge in [-0.1, -0.05) is 30.3 Å². The van der Waals surface area contributed by atoms with Crippen molar-refractivity contribution in [3.05, 3.63) is 95.6 Å². The quantitative estimate of drug-likeness (QED) is 0.571. The van der Waals surface area contributed by atoms with Crippen molar-refractivity contribution in [2.75, 3.05) is 5.32 Å². The number of anilines is 1. The molecule has 1 atom stereocenters. The van der Waals surface area contributed by atoms with E-state index in [1.165, 1.54) is 6.92 Å². The first kappa shape index (κ1) is 21.0. The molecule has 5 nitrogen and oxygen atoms in total. The van der Waals surface area contributed by atoms with E-state index < -0.39 is 29.6 Å². The summed E-state index contributed by atoms with van der Waals surface area (Å²) in [6, 6.07) is 18.5. The van der Waals surface area contributed by atoms with E-state index in [4.69, 9.17) is 9.47 Å². The van der Waals surface area contributed by atoms with Crippen LogP contribution >= 0.6 is 0 Å². The molecule has 154 valence electrons. The van der Waals surface area contributed by atoms with Crippen LogP contribution in [0.15, 0.2) is 72.8 Å². The number of para-hydroxylation sites is 1. The van der Waals surface area contributed by atoms with Gasteiger partial charge in [-0.2, -0.15) is 0 Å². The summed E-state index contributed by atoms with van der Waals surface area (Å²) in [7, 11) is 0. The van der Waals surface area contributed by atoms with Crippen molar-refractivity contribution in [1.29, 1.82) is 0 Å². The van der Waals surface area contributed by atoms with Gasteiger partial charge in [-0.3, -0.25) is 4.79 Å². The van der Waals surface area contributed by atoms with Gasteiger partial charge in [0.25, 0.3) is 5.91 Å². The summed E-state index contributed by atoms with van der Waals surface area (Å²) in [5.74, 6) is -2.26. The van der Waals surface area contributed by atoms with Crippen LogP contribution in [-0.4, -0.2) is 18.0 Å². The second-order valence-electron chi connectivity index (χ2n) is 6.46. The lowest BCUT2D eigenvalue weighted by atomic mass is 10.1. The third-order valence-corrected chi connectivity index (χ3v) is 4.18. The maximum Gasteiger partial charge on any atom is 0.338 e. The van der Waals surface area contributed by atoms with Gasteiger partial charge in [0.05, 0.1) is 11.3 Å². The predicted octanol–water partition coefficient (Wildman–Crippen LogP) is 4.73. The number of carbonyl (C=O) groups excluding carboxylic acids is 2. The Morgan fingerprint density at radius 1 is 0.967 bits per heavy atom. The van der Waals surface area contributed by atoms with E-state index in [9.17, 15) is 18.4 Å². The number of rotatable bonds is 7. The highest BCUT2D eigenvalue weighted by atomic mass is 19.1. The molecule has 0 aliphatic rings. The Morgan fingerprint density at radius 3 is 2.37 bits per heavy atom. The molecular weight excluding hydrogens is 392 g/mol. The van der Waals surface area contributed by atoms with Crippen molar-refractivity contribution in [3.8, 4) is 5.75 Å². The molecule has 0 aliphatic heterocycles. The molecular formula is C23H19F2NO4. The first-order valence-corrected chi connectivity index (χ1v) is 9.16. The fourth-order valence-electron chi connectivity index (χ4n) is 2.53. The van der Waals surface area contributed by atoms with Gasteiger partial charge >= 0.3 is 5.97 Å². The van der Waals surface area contributed by atoms with Crippen molar-refractivity contribution in [2.24, 2.45) is 0 Å². The summed E-state index contributed by atoms with van der Waals surface area (Å²) in [4.78, 5) is 24.4. The molecule has 0 saturated heterocycles. The molecule has 1 amide bonds. The highest BCUT2D eigenvalue weighted by molar-refractivity contribution is 5.97. The average molecular weight is 411 g/mol. The lowest BCUT2D eigenvalue weighted by molar-refractivity contribution is -0.123. The lowest BCUT2D eigenvalue weighted by Gasteiger charge is -2.14. The Morgan fingerprint density at radius 2 is 1.67 bits per heavy atom. The molecule has 1 N–H and O–H groups in total. The standard InChI is InChI=1S/C23H19F2NO4/c1-15(22(27)26-21-13-18(24)11-12-20(21)25)30-23(28)17-9-7-16(8-10-17)14-29-19-5-3-2-4-6-19/h2-13,15H,14H2,1H3,(H,26,27)/t15-/m0/s1. The second-order valence-corrected chi connectivity index (χ2v) is 6.46. The van der Waals surface area contributed by atoms with Crippen LogP contribution in [0.5, 0.6) is 5.75 Å². The molecule has 3 aromatic rings. The van der Waals surface area contributed by atoms with Gasteiger partial charge < -0.3 is 14.8 Å². The van der Waals surface area contributed by atoms with Crippen molar-refractivity contribution in [1.82, 2.24) is 0 Å². The Labute approximate surface area is 172 Å². The Kier molecular flexibility index (Phi) is 6.75. The summed E-state index contributed by atoms with van der Waals surface area (Å²) < 4.78 is 37.6. The zero-order valence-corrected chi connectivity index (χ0v) is 16.1. The van der Waals surface area contributed by atoms with Crippen LogP contribution in [0, 0.1) is 11.6 Å². The number of nitrogens with one attached hydrogen (secondary N) is 1. The molecule has 0 saturated carbocycles. The van der Waals surface area contributed by atoms with E-state index in [0.29, 0.717) is 6.61 Å². The highest BCUT2D eigenvalue weighted by Gasteiger charge is 2.20. The molecule has 0 spiro atoms. The highest BCUT2D eigenvalue weighted by Crippen LogP contribution is 2.17. The summed E-state index contributed by atoms with van der Waals surface area (Å²) in [5.41, 5.74) is 0.767. The number of esters is 1. The molecule has 0 aromatic heterocycles. The first-order valence-electron chi connectivity index (χ1n) is 9.16. The van der Waals surface area contributed by atoms with Crippen LogP contribution < -0.4 is 10.1 Å². The van der Waals surface area contributed by atoms with E-state index in [-0.39, 0.29) is 11.3 Å². The number of amides is 1.